The summed E-state index contributed by atoms with van der Waals surface area (Å²) in [6, 6.07) is 3.82. The van der Waals surface area contributed by atoms with E-state index in [1.807, 2.05) is 32.4 Å². The third-order valence-electron chi connectivity index (χ3n) is 3.32. The Bertz CT molecular complexity index is 758. The van der Waals surface area contributed by atoms with Gasteiger partial charge in [0.2, 0.25) is 5.96 Å². The van der Waals surface area contributed by atoms with E-state index in [4.69, 9.17) is 0 Å². The number of aliphatic imine (C=N–C) groups is 1. The van der Waals surface area contributed by atoms with E-state index >= 15 is 0 Å². The summed E-state index contributed by atoms with van der Waals surface area (Å²) in [6.07, 6.45) is 5.31. The molecule has 7 heteroatoms. The number of pyridine rings is 1. The van der Waals surface area contributed by atoms with Crippen LogP contribution >= 0.6 is 0 Å². The minimum atomic E-state index is -0.203. The number of guanidine groups is 1. The molecule has 114 valence electrons. The van der Waals surface area contributed by atoms with Crippen molar-refractivity contribution in [1.82, 2.24) is 25.5 Å². The first-order chi connectivity index (χ1) is 10.6. The predicted octanol–water partition coefficient (Wildman–Crippen LogP) is 0.541. The van der Waals surface area contributed by atoms with E-state index in [1.54, 1.807) is 12.3 Å². The molecule has 1 aliphatic heterocycles. The van der Waals surface area contributed by atoms with Crippen LogP contribution in [0.5, 0.6) is 0 Å². The monoisotopic (exact) mass is 298 g/mol. The van der Waals surface area contributed by atoms with Gasteiger partial charge in [0.25, 0.3) is 5.91 Å². The van der Waals surface area contributed by atoms with Gasteiger partial charge >= 0.3 is 0 Å². The molecule has 0 atom stereocenters. The second-order valence-electron chi connectivity index (χ2n) is 5.32. The van der Waals surface area contributed by atoms with Crippen LogP contribution in [-0.4, -0.2) is 53.9 Å². The Kier molecular flexibility index (Phi) is 3.88. The van der Waals surface area contributed by atoms with E-state index in [9.17, 15) is 4.79 Å². The Balaban J connectivity index is 1.78. The number of nitrogens with one attached hydrogen (secondary N) is 3. The Hall–Kier alpha value is -2.67. The van der Waals surface area contributed by atoms with E-state index in [0.717, 1.165) is 29.7 Å². The van der Waals surface area contributed by atoms with Crippen LogP contribution in [0.1, 0.15) is 5.56 Å². The molecule has 2 aromatic rings. The number of hydrogen-bond acceptors (Lipinski definition) is 5. The van der Waals surface area contributed by atoms with E-state index in [1.165, 1.54) is 0 Å². The molecule has 0 radical (unpaired) electrons. The zero-order valence-corrected chi connectivity index (χ0v) is 12.6. The van der Waals surface area contributed by atoms with Crippen LogP contribution in [0.2, 0.25) is 0 Å². The highest BCUT2D eigenvalue weighted by molar-refractivity contribution is 6.14. The summed E-state index contributed by atoms with van der Waals surface area (Å²) >= 11 is 0. The van der Waals surface area contributed by atoms with Crippen LogP contribution in [0.25, 0.3) is 17.1 Å². The molecule has 3 heterocycles. The Morgan fingerprint density at radius 1 is 1.41 bits per heavy atom. The fourth-order valence-corrected chi connectivity index (χ4v) is 2.19. The number of hydrogen-bond donors (Lipinski definition) is 3. The van der Waals surface area contributed by atoms with E-state index in [2.05, 4.69) is 30.5 Å². The molecule has 0 bridgehead atoms. The number of carbonyl (C=O) groups excluding carboxylic acids is 1. The fourth-order valence-electron chi connectivity index (χ4n) is 2.19. The molecule has 7 nitrogen and oxygen atoms in total. The van der Waals surface area contributed by atoms with Crippen molar-refractivity contribution in [3.8, 4) is 0 Å². The number of amides is 1. The second kappa shape index (κ2) is 5.98. The summed E-state index contributed by atoms with van der Waals surface area (Å²) in [5.74, 6) is 0.293. The van der Waals surface area contributed by atoms with Gasteiger partial charge in [-0.2, -0.15) is 0 Å². The van der Waals surface area contributed by atoms with Gasteiger partial charge < -0.3 is 15.2 Å². The normalized spacial score (nSPS) is 16.4. The number of fused-ring (bicyclic) bond motifs is 1. The third kappa shape index (κ3) is 2.99. The topological polar surface area (TPSA) is 85.4 Å². The number of H-pyrrole nitrogens is 1. The number of carbonyl (C=O) groups is 1. The zero-order valence-electron chi connectivity index (χ0n) is 12.6. The van der Waals surface area contributed by atoms with Gasteiger partial charge in [-0.3, -0.25) is 10.1 Å². The van der Waals surface area contributed by atoms with E-state index in [-0.39, 0.29) is 5.91 Å². The van der Waals surface area contributed by atoms with Crippen LogP contribution in [0.15, 0.2) is 35.2 Å². The first-order valence-corrected chi connectivity index (χ1v) is 7.06. The Morgan fingerprint density at radius 2 is 2.27 bits per heavy atom. The molecular weight excluding hydrogens is 280 g/mol. The van der Waals surface area contributed by atoms with Crippen LogP contribution in [0.3, 0.4) is 0 Å². The molecule has 0 saturated heterocycles. The minimum absolute atomic E-state index is 0.203. The maximum atomic E-state index is 12.0. The van der Waals surface area contributed by atoms with Gasteiger partial charge in [0.1, 0.15) is 11.3 Å². The molecular formula is C15H18N6O. The maximum Gasteiger partial charge on any atom is 0.276 e. The van der Waals surface area contributed by atoms with Crippen LogP contribution < -0.4 is 10.6 Å². The lowest BCUT2D eigenvalue weighted by Gasteiger charge is -2.10. The SMILES string of the molecule is CN(C)CCNC1=NC(=Cc2c[nH]c3ncccc23)C(=O)N1. The van der Waals surface area contributed by atoms with Gasteiger partial charge in [-0.25, -0.2) is 9.98 Å². The van der Waals surface area contributed by atoms with Crippen molar-refractivity contribution in [3.05, 3.63) is 35.8 Å². The molecule has 0 aliphatic carbocycles. The van der Waals surface area contributed by atoms with Gasteiger partial charge in [0.05, 0.1) is 0 Å². The third-order valence-corrected chi connectivity index (χ3v) is 3.32. The largest absolute Gasteiger partial charge is 0.354 e. The van der Waals surface area contributed by atoms with Gasteiger partial charge in [-0.05, 0) is 32.3 Å². The Labute approximate surface area is 128 Å². The first-order valence-electron chi connectivity index (χ1n) is 7.06. The molecule has 0 aromatic carbocycles. The molecule has 0 spiro atoms. The summed E-state index contributed by atoms with van der Waals surface area (Å²) in [7, 11) is 3.99. The molecule has 0 unspecified atom stereocenters. The average molecular weight is 298 g/mol. The average Bonchev–Trinajstić information content (AvgIpc) is 3.04. The van der Waals surface area contributed by atoms with Crippen LogP contribution in [0, 0.1) is 0 Å². The number of aromatic amines is 1. The second-order valence-corrected chi connectivity index (χ2v) is 5.32. The molecule has 2 aromatic heterocycles. The highest BCUT2D eigenvalue weighted by Crippen LogP contribution is 2.20. The molecule has 0 fully saturated rings. The summed E-state index contributed by atoms with van der Waals surface area (Å²) in [5.41, 5.74) is 2.07. The van der Waals surface area contributed by atoms with Gasteiger partial charge in [-0.15, -0.1) is 0 Å². The van der Waals surface area contributed by atoms with Crippen molar-refractivity contribution in [2.45, 2.75) is 0 Å². The van der Waals surface area contributed by atoms with Gasteiger partial charge in [-0.1, -0.05) is 0 Å². The molecule has 3 rings (SSSR count). The number of likely N-dealkylation sites (N-methyl/N-ethyl adjacent to an activating group) is 1. The minimum Gasteiger partial charge on any atom is -0.354 e. The highest BCUT2D eigenvalue weighted by atomic mass is 16.2. The number of nitrogens with zero attached hydrogens (tertiary/aromatic N) is 3. The van der Waals surface area contributed by atoms with E-state index < -0.39 is 0 Å². The molecule has 3 N–H and O–H groups in total. The lowest BCUT2D eigenvalue weighted by Crippen LogP contribution is -2.39. The summed E-state index contributed by atoms with van der Waals surface area (Å²) in [5, 5.41) is 6.80. The van der Waals surface area contributed by atoms with Gasteiger partial charge in [0, 0.05) is 36.4 Å². The highest BCUT2D eigenvalue weighted by Gasteiger charge is 2.20. The molecule has 1 aliphatic rings. The van der Waals surface area contributed by atoms with Crippen LogP contribution in [-0.2, 0) is 4.79 Å². The number of aromatic nitrogens is 2. The van der Waals surface area contributed by atoms with Crippen molar-refractivity contribution in [2.75, 3.05) is 27.2 Å². The zero-order chi connectivity index (χ0) is 15.5. The van der Waals surface area contributed by atoms with E-state index in [0.29, 0.717) is 11.7 Å². The summed E-state index contributed by atoms with van der Waals surface area (Å²) in [6.45, 7) is 1.58. The quantitative estimate of drug-likeness (QED) is 0.719. The van der Waals surface area contributed by atoms with Crippen molar-refractivity contribution in [2.24, 2.45) is 4.99 Å². The standard InChI is InChI=1S/C15H18N6O/c1-21(2)7-6-17-15-19-12(14(22)20-15)8-10-9-18-13-11(10)4-3-5-16-13/h3-5,8-9H,6-7H2,1-2H3,(H,16,18)(H2,17,19,20,22). The lowest BCUT2D eigenvalue weighted by atomic mass is 10.2. The predicted molar refractivity (Wildman–Crippen MR) is 86.2 cm³/mol. The van der Waals surface area contributed by atoms with Gasteiger partial charge in [0.15, 0.2) is 0 Å². The molecule has 1 amide bonds. The maximum absolute atomic E-state index is 12.0. The Morgan fingerprint density at radius 3 is 3.09 bits per heavy atom. The molecule has 0 saturated carbocycles. The van der Waals surface area contributed by atoms with Crippen molar-refractivity contribution in [1.29, 1.82) is 0 Å². The number of rotatable bonds is 4. The lowest BCUT2D eigenvalue weighted by molar-refractivity contribution is -0.115. The fraction of sp³-hybridized carbons (Fsp3) is 0.267. The van der Waals surface area contributed by atoms with Crippen LogP contribution in [0.4, 0.5) is 0 Å². The molecule has 22 heavy (non-hydrogen) atoms. The van der Waals surface area contributed by atoms with Crippen molar-refractivity contribution >= 4 is 29.0 Å². The van der Waals surface area contributed by atoms with Crippen molar-refractivity contribution in [3.63, 3.8) is 0 Å². The first kappa shape index (κ1) is 14.3. The smallest absolute Gasteiger partial charge is 0.276 e. The summed E-state index contributed by atoms with van der Waals surface area (Å²) in [4.78, 5) is 25.6. The summed E-state index contributed by atoms with van der Waals surface area (Å²) < 4.78 is 0. The van der Waals surface area contributed by atoms with Crippen molar-refractivity contribution < 1.29 is 4.79 Å².